The van der Waals surface area contributed by atoms with Gasteiger partial charge in [-0.1, -0.05) is 325 Å². The molecule has 76 heavy (non-hydrogen) atoms. The highest BCUT2D eigenvalue weighted by Crippen LogP contribution is 2.18. The van der Waals surface area contributed by atoms with Crippen LogP contribution in [0.3, 0.4) is 0 Å². The second-order valence-corrected chi connectivity index (χ2v) is 22.9. The first kappa shape index (κ1) is 73.6. The van der Waals surface area contributed by atoms with Crippen LogP contribution in [0.1, 0.15) is 361 Å². The van der Waals surface area contributed by atoms with Crippen molar-refractivity contribution in [2.24, 2.45) is 0 Å². The number of carbonyl (C=O) groups is 2. The van der Waals surface area contributed by atoms with Crippen LogP contribution >= 0.6 is 0 Å². The molecule has 0 aliphatic rings. The van der Waals surface area contributed by atoms with Gasteiger partial charge in [-0.2, -0.15) is 0 Å². The van der Waals surface area contributed by atoms with Gasteiger partial charge < -0.3 is 14.6 Å². The van der Waals surface area contributed by atoms with Crippen LogP contribution in [-0.4, -0.2) is 36.4 Å². The Kier molecular flexibility index (Phi) is 64.8. The van der Waals surface area contributed by atoms with Crippen molar-refractivity contribution in [3.63, 3.8) is 0 Å². The number of rotatable bonds is 63. The van der Waals surface area contributed by atoms with Crippen LogP contribution in [0.15, 0.2) is 60.8 Å². The smallest absolute Gasteiger partial charge is 0.306 e. The molecule has 0 aromatic carbocycles. The van der Waals surface area contributed by atoms with Gasteiger partial charge in [0.25, 0.3) is 0 Å². The molecule has 5 heteroatoms. The molecule has 0 amide bonds. The molecule has 0 saturated heterocycles. The SMILES string of the molecule is CCCCCCC/C=C\C/C=C\C/C=C\CCCCCCCCCCCCCCCCCCCCCCCCCCC(=O)OC(CO)COC(=O)CCCCCCCCCCCCC/C=C\C/C=C\CCCCCCC. The maximum atomic E-state index is 12.4. The van der Waals surface area contributed by atoms with Crippen molar-refractivity contribution in [1.82, 2.24) is 0 Å². The van der Waals surface area contributed by atoms with E-state index in [0.29, 0.717) is 12.8 Å². The van der Waals surface area contributed by atoms with E-state index in [1.165, 1.54) is 276 Å². The van der Waals surface area contributed by atoms with E-state index >= 15 is 0 Å². The summed E-state index contributed by atoms with van der Waals surface area (Å²) in [5, 5.41) is 9.69. The molecule has 0 aliphatic heterocycles. The number of esters is 2. The number of aliphatic hydroxyl groups is 1. The highest BCUT2D eigenvalue weighted by Gasteiger charge is 2.16. The van der Waals surface area contributed by atoms with Crippen LogP contribution in [-0.2, 0) is 19.1 Å². The van der Waals surface area contributed by atoms with Crippen LogP contribution in [0, 0.1) is 0 Å². The van der Waals surface area contributed by atoms with E-state index in [4.69, 9.17) is 9.47 Å². The van der Waals surface area contributed by atoms with E-state index in [-0.39, 0.29) is 25.2 Å². The molecule has 444 valence electrons. The second kappa shape index (κ2) is 66.9. The van der Waals surface area contributed by atoms with E-state index in [1.807, 2.05) is 0 Å². The van der Waals surface area contributed by atoms with Gasteiger partial charge in [0.05, 0.1) is 6.61 Å². The summed E-state index contributed by atoms with van der Waals surface area (Å²) in [6.45, 7) is 4.16. The zero-order chi connectivity index (χ0) is 54.8. The molecule has 0 aromatic rings. The fourth-order valence-corrected chi connectivity index (χ4v) is 10.2. The fourth-order valence-electron chi connectivity index (χ4n) is 10.2. The lowest BCUT2D eigenvalue weighted by Gasteiger charge is -2.15. The molecule has 1 unspecified atom stereocenters. The van der Waals surface area contributed by atoms with Gasteiger partial charge in [-0.05, 0) is 83.5 Å². The van der Waals surface area contributed by atoms with Gasteiger partial charge in [0.15, 0.2) is 6.10 Å². The van der Waals surface area contributed by atoms with E-state index in [0.717, 1.165) is 57.8 Å². The van der Waals surface area contributed by atoms with Crippen molar-refractivity contribution >= 4 is 11.9 Å². The van der Waals surface area contributed by atoms with Crippen molar-refractivity contribution < 1.29 is 24.2 Å². The summed E-state index contributed by atoms with van der Waals surface area (Å²) < 4.78 is 10.7. The van der Waals surface area contributed by atoms with Crippen LogP contribution in [0.5, 0.6) is 0 Å². The van der Waals surface area contributed by atoms with E-state index in [1.54, 1.807) is 0 Å². The minimum absolute atomic E-state index is 0.0636. The zero-order valence-electron chi connectivity index (χ0n) is 51.0. The maximum absolute atomic E-state index is 12.4. The molecule has 0 aromatic heterocycles. The van der Waals surface area contributed by atoms with Gasteiger partial charge in [-0.25, -0.2) is 0 Å². The number of allylic oxidation sites excluding steroid dienone is 10. The first-order valence-corrected chi connectivity index (χ1v) is 33.8. The van der Waals surface area contributed by atoms with E-state index < -0.39 is 6.10 Å². The first-order valence-electron chi connectivity index (χ1n) is 33.8. The van der Waals surface area contributed by atoms with Gasteiger partial charge in [0, 0.05) is 12.8 Å². The van der Waals surface area contributed by atoms with Gasteiger partial charge in [0.1, 0.15) is 6.61 Å². The molecule has 0 radical (unpaired) electrons. The molecule has 0 heterocycles. The Labute approximate surface area is 474 Å². The minimum Gasteiger partial charge on any atom is -0.462 e. The second-order valence-electron chi connectivity index (χ2n) is 22.9. The zero-order valence-corrected chi connectivity index (χ0v) is 51.0. The number of hydrogen-bond donors (Lipinski definition) is 1. The van der Waals surface area contributed by atoms with Crippen molar-refractivity contribution in [2.45, 2.75) is 367 Å². The van der Waals surface area contributed by atoms with E-state index in [2.05, 4.69) is 74.6 Å². The van der Waals surface area contributed by atoms with Gasteiger partial charge in [-0.15, -0.1) is 0 Å². The molecular weight excluding hydrogens is 933 g/mol. The monoisotopic (exact) mass is 1060 g/mol. The number of hydrogen-bond acceptors (Lipinski definition) is 5. The van der Waals surface area contributed by atoms with Crippen LogP contribution in [0.25, 0.3) is 0 Å². The number of aliphatic hydroxyl groups excluding tert-OH is 1. The molecule has 0 rings (SSSR count). The number of carbonyl (C=O) groups excluding carboxylic acids is 2. The topological polar surface area (TPSA) is 72.8 Å². The maximum Gasteiger partial charge on any atom is 0.306 e. The molecule has 0 saturated carbocycles. The Morgan fingerprint density at radius 1 is 0.303 bits per heavy atom. The molecule has 0 aliphatic carbocycles. The lowest BCUT2D eigenvalue weighted by molar-refractivity contribution is -0.161. The largest absolute Gasteiger partial charge is 0.462 e. The Balaban J connectivity index is 3.40. The molecule has 5 nitrogen and oxygen atoms in total. The Morgan fingerprint density at radius 2 is 0.526 bits per heavy atom. The first-order chi connectivity index (χ1) is 37.6. The summed E-state index contributed by atoms with van der Waals surface area (Å²) in [6.07, 6.45) is 91.0. The Hall–Kier alpha value is -2.40. The van der Waals surface area contributed by atoms with Crippen molar-refractivity contribution in [1.29, 1.82) is 0 Å². The average Bonchev–Trinajstić information content (AvgIpc) is 3.42. The standard InChI is InChI=1S/C71H130O5/c1-3-5-7-9-11-13-15-17-19-21-23-25-27-28-29-30-31-32-33-34-35-36-37-38-39-40-41-42-44-46-48-50-52-54-56-58-60-62-64-66-71(74)76-69(67-72)68-75-70(73)65-63-61-59-57-55-53-51-49-47-45-43-26-24-22-20-18-16-14-12-10-8-6-4-2/h15-18,21-24,27-28,69,72H,3-14,19-20,25-26,29-68H2,1-2H3/b17-15-,18-16-,23-21-,24-22-,28-27-. The summed E-state index contributed by atoms with van der Waals surface area (Å²) in [5.41, 5.74) is 0. The third-order valence-electron chi connectivity index (χ3n) is 15.3. The van der Waals surface area contributed by atoms with Crippen LogP contribution < -0.4 is 0 Å². The molecular formula is C71H130O5. The summed E-state index contributed by atoms with van der Waals surface area (Å²) in [4.78, 5) is 24.6. The molecule has 1 atom stereocenters. The fraction of sp³-hybridized carbons (Fsp3) is 0.831. The summed E-state index contributed by atoms with van der Waals surface area (Å²) in [7, 11) is 0. The molecule has 1 N–H and O–H groups in total. The highest BCUT2D eigenvalue weighted by atomic mass is 16.6. The third kappa shape index (κ3) is 64.1. The Bertz CT molecular complexity index is 1300. The molecule has 0 bridgehead atoms. The van der Waals surface area contributed by atoms with Gasteiger partial charge >= 0.3 is 11.9 Å². The van der Waals surface area contributed by atoms with Crippen LogP contribution in [0.4, 0.5) is 0 Å². The Morgan fingerprint density at radius 3 is 0.789 bits per heavy atom. The van der Waals surface area contributed by atoms with Crippen LogP contribution in [0.2, 0.25) is 0 Å². The molecule has 0 fully saturated rings. The highest BCUT2D eigenvalue weighted by molar-refractivity contribution is 5.70. The third-order valence-corrected chi connectivity index (χ3v) is 15.3. The number of unbranched alkanes of at least 4 members (excludes halogenated alkanes) is 45. The quantitative estimate of drug-likeness (QED) is 0.0373. The predicted octanol–water partition coefficient (Wildman–Crippen LogP) is 23.3. The van der Waals surface area contributed by atoms with Crippen molar-refractivity contribution in [2.75, 3.05) is 13.2 Å². The average molecular weight is 1060 g/mol. The summed E-state index contributed by atoms with van der Waals surface area (Å²) in [6, 6.07) is 0. The summed E-state index contributed by atoms with van der Waals surface area (Å²) in [5.74, 6) is -0.575. The van der Waals surface area contributed by atoms with Gasteiger partial charge in [0.2, 0.25) is 0 Å². The molecule has 0 spiro atoms. The lowest BCUT2D eigenvalue weighted by Crippen LogP contribution is -2.28. The summed E-state index contributed by atoms with van der Waals surface area (Å²) >= 11 is 0. The lowest BCUT2D eigenvalue weighted by atomic mass is 10.0. The number of ether oxygens (including phenoxy) is 2. The minimum atomic E-state index is -0.773. The normalized spacial score (nSPS) is 12.5. The van der Waals surface area contributed by atoms with E-state index in [9.17, 15) is 14.7 Å². The van der Waals surface area contributed by atoms with Crippen molar-refractivity contribution in [3.05, 3.63) is 60.8 Å². The van der Waals surface area contributed by atoms with Crippen molar-refractivity contribution in [3.8, 4) is 0 Å². The predicted molar refractivity (Wildman–Crippen MR) is 334 cm³/mol. The van der Waals surface area contributed by atoms with Gasteiger partial charge in [-0.3, -0.25) is 9.59 Å².